The number of anilines is 2. The molecular formula is C25H17F3N2O2. The van der Waals surface area contributed by atoms with Crippen molar-refractivity contribution in [1.82, 2.24) is 0 Å². The Balaban J connectivity index is 1.56. The van der Waals surface area contributed by atoms with Crippen LogP contribution in [0.25, 0.3) is 10.8 Å². The maximum atomic E-state index is 12.9. The summed E-state index contributed by atoms with van der Waals surface area (Å²) in [7, 11) is 0. The van der Waals surface area contributed by atoms with Crippen molar-refractivity contribution in [3.8, 4) is 0 Å². The highest BCUT2D eigenvalue weighted by molar-refractivity contribution is 6.13. The molecule has 4 aromatic carbocycles. The van der Waals surface area contributed by atoms with Crippen LogP contribution in [0.4, 0.5) is 24.5 Å². The molecule has 0 spiro atoms. The molecule has 0 aliphatic rings. The van der Waals surface area contributed by atoms with Crippen LogP contribution in [-0.2, 0) is 6.18 Å². The third-order valence-corrected chi connectivity index (χ3v) is 4.88. The lowest BCUT2D eigenvalue weighted by atomic mass is 10.1. The van der Waals surface area contributed by atoms with Crippen LogP contribution in [0.2, 0.25) is 0 Å². The Hall–Kier alpha value is -4.13. The van der Waals surface area contributed by atoms with Gasteiger partial charge in [0.1, 0.15) is 0 Å². The van der Waals surface area contributed by atoms with Crippen molar-refractivity contribution in [3.63, 3.8) is 0 Å². The Morgan fingerprint density at radius 2 is 1.38 bits per heavy atom. The molecule has 0 heterocycles. The Morgan fingerprint density at radius 3 is 2.16 bits per heavy atom. The average molecular weight is 434 g/mol. The van der Waals surface area contributed by atoms with Gasteiger partial charge in [0, 0.05) is 11.3 Å². The molecule has 160 valence electrons. The summed E-state index contributed by atoms with van der Waals surface area (Å²) >= 11 is 0. The van der Waals surface area contributed by atoms with Crippen LogP contribution in [0.15, 0.2) is 91.0 Å². The quantitative estimate of drug-likeness (QED) is 0.393. The predicted molar refractivity (Wildman–Crippen MR) is 118 cm³/mol. The van der Waals surface area contributed by atoms with Crippen LogP contribution in [0, 0.1) is 0 Å². The third kappa shape index (κ3) is 4.62. The average Bonchev–Trinajstić information content (AvgIpc) is 2.78. The lowest BCUT2D eigenvalue weighted by Gasteiger charge is -2.13. The Labute approximate surface area is 181 Å². The van der Waals surface area contributed by atoms with E-state index in [-0.39, 0.29) is 16.9 Å². The molecule has 0 aliphatic carbocycles. The van der Waals surface area contributed by atoms with Crippen molar-refractivity contribution in [2.75, 3.05) is 10.6 Å². The zero-order valence-corrected chi connectivity index (χ0v) is 16.6. The van der Waals surface area contributed by atoms with Gasteiger partial charge in [0.15, 0.2) is 0 Å². The highest BCUT2D eigenvalue weighted by Gasteiger charge is 2.30. The van der Waals surface area contributed by atoms with Crippen LogP contribution in [-0.4, -0.2) is 11.8 Å². The highest BCUT2D eigenvalue weighted by Crippen LogP contribution is 2.31. The van der Waals surface area contributed by atoms with E-state index >= 15 is 0 Å². The first kappa shape index (κ1) is 21.1. The van der Waals surface area contributed by atoms with Gasteiger partial charge in [-0.1, -0.05) is 48.5 Å². The molecule has 0 atom stereocenters. The fourth-order valence-electron chi connectivity index (χ4n) is 3.29. The largest absolute Gasteiger partial charge is 0.416 e. The second-order valence-corrected chi connectivity index (χ2v) is 7.09. The van der Waals surface area contributed by atoms with Crippen LogP contribution in [0.3, 0.4) is 0 Å². The summed E-state index contributed by atoms with van der Waals surface area (Å²) in [5, 5.41) is 7.06. The first-order valence-electron chi connectivity index (χ1n) is 9.69. The molecule has 0 saturated heterocycles. The van der Waals surface area contributed by atoms with Gasteiger partial charge in [-0.3, -0.25) is 9.59 Å². The van der Waals surface area contributed by atoms with Crippen LogP contribution in [0.1, 0.15) is 26.3 Å². The van der Waals surface area contributed by atoms with Crippen molar-refractivity contribution >= 4 is 34.0 Å². The summed E-state index contributed by atoms with van der Waals surface area (Å²) in [5.41, 5.74) is -0.0837. The number of hydrogen-bond acceptors (Lipinski definition) is 2. The van der Waals surface area contributed by atoms with E-state index in [1.54, 1.807) is 30.3 Å². The number of fused-ring (bicyclic) bond motifs is 1. The van der Waals surface area contributed by atoms with E-state index in [1.807, 2.05) is 30.3 Å². The summed E-state index contributed by atoms with van der Waals surface area (Å²) in [4.78, 5) is 25.5. The number of halogens is 3. The Kier molecular flexibility index (Phi) is 5.64. The number of alkyl halides is 3. The van der Waals surface area contributed by atoms with Crippen LogP contribution in [0.5, 0.6) is 0 Å². The zero-order valence-electron chi connectivity index (χ0n) is 16.6. The molecule has 32 heavy (non-hydrogen) atoms. The van der Waals surface area contributed by atoms with E-state index < -0.39 is 23.6 Å². The Morgan fingerprint density at radius 1 is 0.656 bits per heavy atom. The molecule has 0 fully saturated rings. The SMILES string of the molecule is O=C(Nc1ccccc1C(=O)Nc1cccc(C(F)(F)F)c1)c1ccc2ccccc2c1. The third-order valence-electron chi connectivity index (χ3n) is 4.88. The minimum atomic E-state index is -4.52. The molecule has 0 bridgehead atoms. The van der Waals surface area contributed by atoms with Crippen molar-refractivity contribution in [2.24, 2.45) is 0 Å². The first-order chi connectivity index (χ1) is 15.3. The number of hydrogen-bond donors (Lipinski definition) is 2. The van der Waals surface area contributed by atoms with E-state index in [4.69, 9.17) is 0 Å². The molecule has 4 nitrogen and oxygen atoms in total. The van der Waals surface area contributed by atoms with Gasteiger partial charge in [-0.25, -0.2) is 0 Å². The molecule has 7 heteroatoms. The second kappa shape index (κ2) is 8.55. The van der Waals surface area contributed by atoms with Gasteiger partial charge in [0.25, 0.3) is 11.8 Å². The minimum Gasteiger partial charge on any atom is -0.322 e. The molecule has 0 aliphatic heterocycles. The maximum Gasteiger partial charge on any atom is 0.416 e. The van der Waals surface area contributed by atoms with Gasteiger partial charge in [0.2, 0.25) is 0 Å². The molecule has 0 radical (unpaired) electrons. The standard InChI is InChI=1S/C25H17F3N2O2/c26-25(27,28)19-8-5-9-20(15-19)29-24(32)21-10-3-4-11-22(21)30-23(31)18-13-12-16-6-1-2-7-17(16)14-18/h1-15H,(H,29,32)(H,30,31). The predicted octanol–water partition coefficient (Wildman–Crippen LogP) is 6.36. The molecule has 2 amide bonds. The number of amides is 2. The van der Waals surface area contributed by atoms with Crippen molar-refractivity contribution in [1.29, 1.82) is 0 Å². The fourth-order valence-corrected chi connectivity index (χ4v) is 3.29. The number of para-hydroxylation sites is 1. The fraction of sp³-hybridized carbons (Fsp3) is 0.0400. The normalized spacial score (nSPS) is 11.2. The molecular weight excluding hydrogens is 417 g/mol. The zero-order chi connectivity index (χ0) is 22.7. The van der Waals surface area contributed by atoms with E-state index in [0.717, 1.165) is 22.9 Å². The molecule has 0 aromatic heterocycles. The van der Waals surface area contributed by atoms with E-state index in [0.29, 0.717) is 5.56 Å². The number of benzene rings is 4. The van der Waals surface area contributed by atoms with E-state index in [1.165, 1.54) is 18.2 Å². The lowest BCUT2D eigenvalue weighted by Crippen LogP contribution is -2.18. The van der Waals surface area contributed by atoms with Gasteiger partial charge in [-0.15, -0.1) is 0 Å². The summed E-state index contributed by atoms with van der Waals surface area (Å²) in [6, 6.07) is 23.5. The van der Waals surface area contributed by atoms with Crippen molar-refractivity contribution < 1.29 is 22.8 Å². The van der Waals surface area contributed by atoms with E-state index in [2.05, 4.69) is 10.6 Å². The molecule has 4 rings (SSSR count). The van der Waals surface area contributed by atoms with Gasteiger partial charge in [-0.05, 0) is 53.2 Å². The van der Waals surface area contributed by atoms with Gasteiger partial charge >= 0.3 is 6.18 Å². The molecule has 0 unspecified atom stereocenters. The molecule has 2 N–H and O–H groups in total. The van der Waals surface area contributed by atoms with E-state index in [9.17, 15) is 22.8 Å². The summed E-state index contributed by atoms with van der Waals surface area (Å²) in [6.45, 7) is 0. The maximum absolute atomic E-state index is 12.9. The lowest BCUT2D eigenvalue weighted by molar-refractivity contribution is -0.137. The van der Waals surface area contributed by atoms with Crippen molar-refractivity contribution in [2.45, 2.75) is 6.18 Å². The van der Waals surface area contributed by atoms with Gasteiger partial charge < -0.3 is 10.6 Å². The summed E-state index contributed by atoms with van der Waals surface area (Å²) in [5.74, 6) is -1.05. The minimum absolute atomic E-state index is 0.000448. The number of carbonyl (C=O) groups excluding carboxylic acids is 2. The van der Waals surface area contributed by atoms with Gasteiger partial charge in [0.05, 0.1) is 16.8 Å². The second-order valence-electron chi connectivity index (χ2n) is 7.09. The number of nitrogens with one attached hydrogen (secondary N) is 2. The van der Waals surface area contributed by atoms with Crippen LogP contribution >= 0.6 is 0 Å². The molecule has 4 aromatic rings. The first-order valence-corrected chi connectivity index (χ1v) is 9.69. The summed E-state index contributed by atoms with van der Waals surface area (Å²) < 4.78 is 38.8. The Bertz CT molecular complexity index is 1320. The summed E-state index contributed by atoms with van der Waals surface area (Å²) in [6.07, 6.45) is -4.52. The number of rotatable bonds is 4. The topological polar surface area (TPSA) is 58.2 Å². The van der Waals surface area contributed by atoms with Gasteiger partial charge in [-0.2, -0.15) is 13.2 Å². The monoisotopic (exact) mass is 434 g/mol. The van der Waals surface area contributed by atoms with Crippen LogP contribution < -0.4 is 10.6 Å². The highest BCUT2D eigenvalue weighted by atomic mass is 19.4. The smallest absolute Gasteiger partial charge is 0.322 e. The van der Waals surface area contributed by atoms with Crippen molar-refractivity contribution in [3.05, 3.63) is 108 Å². The number of carbonyl (C=O) groups is 2. The molecule has 0 saturated carbocycles.